The molecule has 5 heteroatoms. The number of methoxy groups -OCH3 is 2. The number of hydrogen-bond donors (Lipinski definition) is 0. The molecule has 0 heterocycles. The third-order valence-electron chi connectivity index (χ3n) is 5.07. The Morgan fingerprint density at radius 2 is 1.52 bits per heavy atom. The van der Waals surface area contributed by atoms with Gasteiger partial charge in [-0.15, -0.1) is 0 Å². The highest BCUT2D eigenvalue weighted by Crippen LogP contribution is 2.36. The van der Waals surface area contributed by atoms with Gasteiger partial charge in [-0.25, -0.2) is 4.79 Å². The monoisotopic (exact) mass is 388 g/mol. The van der Waals surface area contributed by atoms with E-state index in [1.807, 2.05) is 24.3 Å². The third kappa shape index (κ3) is 3.59. The zero-order chi connectivity index (χ0) is 20.4. The van der Waals surface area contributed by atoms with Gasteiger partial charge < -0.3 is 14.2 Å². The summed E-state index contributed by atoms with van der Waals surface area (Å²) in [4.78, 5) is 24.9. The molecule has 146 valence electrons. The summed E-state index contributed by atoms with van der Waals surface area (Å²) < 4.78 is 15.6. The predicted molar refractivity (Wildman–Crippen MR) is 109 cm³/mol. The SMILES string of the molecule is COc1ccc(C(=O)OCC(=O)c2ccc3c(c2)-c2ccccc2C3)cc1OC. The molecule has 3 aromatic carbocycles. The summed E-state index contributed by atoms with van der Waals surface area (Å²) >= 11 is 0. The summed E-state index contributed by atoms with van der Waals surface area (Å²) in [5.74, 6) is 0.0981. The molecule has 0 aromatic heterocycles. The molecule has 1 aliphatic rings. The van der Waals surface area contributed by atoms with E-state index < -0.39 is 5.97 Å². The van der Waals surface area contributed by atoms with Gasteiger partial charge in [0, 0.05) is 5.56 Å². The summed E-state index contributed by atoms with van der Waals surface area (Å²) in [5.41, 5.74) is 5.49. The molecule has 5 nitrogen and oxygen atoms in total. The van der Waals surface area contributed by atoms with E-state index in [1.54, 1.807) is 18.2 Å². The van der Waals surface area contributed by atoms with Crippen molar-refractivity contribution < 1.29 is 23.8 Å². The highest BCUT2D eigenvalue weighted by molar-refractivity contribution is 6.00. The molecule has 3 aromatic rings. The molecule has 0 saturated carbocycles. The topological polar surface area (TPSA) is 61.8 Å². The van der Waals surface area contributed by atoms with Crippen LogP contribution in [-0.4, -0.2) is 32.6 Å². The summed E-state index contributed by atoms with van der Waals surface area (Å²) in [5, 5.41) is 0. The first-order valence-corrected chi connectivity index (χ1v) is 9.24. The Morgan fingerprint density at radius 1 is 0.793 bits per heavy atom. The summed E-state index contributed by atoms with van der Waals surface area (Å²) in [7, 11) is 3.01. The lowest BCUT2D eigenvalue weighted by molar-refractivity contribution is 0.0474. The summed E-state index contributed by atoms with van der Waals surface area (Å²) in [6, 6.07) is 18.5. The number of benzene rings is 3. The molecule has 29 heavy (non-hydrogen) atoms. The van der Waals surface area contributed by atoms with Crippen molar-refractivity contribution in [3.05, 3.63) is 82.9 Å². The Balaban J connectivity index is 1.47. The highest BCUT2D eigenvalue weighted by atomic mass is 16.5. The van der Waals surface area contributed by atoms with E-state index in [0.717, 1.165) is 17.5 Å². The number of hydrogen-bond acceptors (Lipinski definition) is 5. The Hall–Kier alpha value is -3.60. The molecule has 0 unspecified atom stereocenters. The van der Waals surface area contributed by atoms with Crippen LogP contribution < -0.4 is 9.47 Å². The van der Waals surface area contributed by atoms with Crippen LogP contribution in [0.15, 0.2) is 60.7 Å². The van der Waals surface area contributed by atoms with E-state index in [0.29, 0.717) is 22.6 Å². The van der Waals surface area contributed by atoms with Crippen LogP contribution in [0.25, 0.3) is 11.1 Å². The molecule has 0 N–H and O–H groups in total. The average molecular weight is 388 g/mol. The van der Waals surface area contributed by atoms with Gasteiger partial charge in [-0.1, -0.05) is 36.4 Å². The van der Waals surface area contributed by atoms with Crippen molar-refractivity contribution in [3.63, 3.8) is 0 Å². The molecule has 1 aliphatic carbocycles. The van der Waals surface area contributed by atoms with Crippen LogP contribution in [0.1, 0.15) is 31.8 Å². The predicted octanol–water partition coefficient (Wildman–Crippen LogP) is 4.31. The van der Waals surface area contributed by atoms with Gasteiger partial charge in [0.1, 0.15) is 0 Å². The molecular formula is C24H20O5. The molecular weight excluding hydrogens is 368 g/mol. The van der Waals surface area contributed by atoms with Crippen LogP contribution in [0.3, 0.4) is 0 Å². The standard InChI is InChI=1S/C24H20O5/c1-27-22-10-9-18(13-23(22)28-2)24(26)29-14-21(25)17-8-7-16-11-15-5-3-4-6-19(15)20(16)12-17/h3-10,12-13H,11,14H2,1-2H3. The number of fused-ring (bicyclic) bond motifs is 3. The molecule has 0 amide bonds. The molecule has 0 radical (unpaired) electrons. The van der Waals surface area contributed by atoms with Gasteiger partial charge in [-0.3, -0.25) is 4.79 Å². The van der Waals surface area contributed by atoms with Crippen molar-refractivity contribution in [2.45, 2.75) is 6.42 Å². The average Bonchev–Trinajstić information content (AvgIpc) is 3.14. The number of Topliss-reactive ketones (excluding diaryl/α,β-unsaturated/α-hetero) is 1. The van der Waals surface area contributed by atoms with Gasteiger partial charge in [-0.2, -0.15) is 0 Å². The summed E-state index contributed by atoms with van der Waals surface area (Å²) in [6.45, 7) is -0.326. The van der Waals surface area contributed by atoms with Crippen LogP contribution in [0.2, 0.25) is 0 Å². The van der Waals surface area contributed by atoms with Crippen molar-refractivity contribution in [1.29, 1.82) is 0 Å². The number of rotatable bonds is 6. The lowest BCUT2D eigenvalue weighted by Crippen LogP contribution is -2.14. The number of carbonyl (C=O) groups is 2. The van der Waals surface area contributed by atoms with E-state index in [1.165, 1.54) is 31.4 Å². The second kappa shape index (κ2) is 7.80. The highest BCUT2D eigenvalue weighted by Gasteiger charge is 2.20. The quantitative estimate of drug-likeness (QED) is 0.364. The minimum absolute atomic E-state index is 0.244. The largest absolute Gasteiger partial charge is 0.493 e. The first-order valence-electron chi connectivity index (χ1n) is 9.24. The van der Waals surface area contributed by atoms with Crippen LogP contribution >= 0.6 is 0 Å². The normalized spacial score (nSPS) is 11.4. The third-order valence-corrected chi connectivity index (χ3v) is 5.07. The Morgan fingerprint density at radius 3 is 2.31 bits per heavy atom. The second-order valence-electron chi connectivity index (χ2n) is 6.77. The van der Waals surface area contributed by atoms with Gasteiger partial charge in [-0.05, 0) is 52.9 Å². The Kier molecular flexibility index (Phi) is 5.04. The van der Waals surface area contributed by atoms with Crippen LogP contribution in [0.4, 0.5) is 0 Å². The van der Waals surface area contributed by atoms with Crippen molar-refractivity contribution in [2.75, 3.05) is 20.8 Å². The number of carbonyl (C=O) groups excluding carboxylic acids is 2. The first-order chi connectivity index (χ1) is 14.1. The fourth-order valence-electron chi connectivity index (χ4n) is 3.56. The molecule has 0 spiro atoms. The fraction of sp³-hybridized carbons (Fsp3) is 0.167. The van der Waals surface area contributed by atoms with Gasteiger partial charge in [0.15, 0.2) is 23.9 Å². The number of ketones is 1. The van der Waals surface area contributed by atoms with E-state index in [-0.39, 0.29) is 12.4 Å². The van der Waals surface area contributed by atoms with E-state index in [4.69, 9.17) is 14.2 Å². The maximum absolute atomic E-state index is 12.6. The zero-order valence-electron chi connectivity index (χ0n) is 16.2. The first kappa shape index (κ1) is 18.7. The molecule has 0 fully saturated rings. The van der Waals surface area contributed by atoms with Gasteiger partial charge >= 0.3 is 5.97 Å². The maximum Gasteiger partial charge on any atom is 0.338 e. The van der Waals surface area contributed by atoms with Gasteiger partial charge in [0.2, 0.25) is 0 Å². The van der Waals surface area contributed by atoms with E-state index in [9.17, 15) is 9.59 Å². The Labute approximate surface area is 168 Å². The molecule has 0 aliphatic heterocycles. The molecule has 0 atom stereocenters. The Bertz CT molecular complexity index is 1100. The minimum atomic E-state index is -0.592. The molecule has 0 saturated heterocycles. The van der Waals surface area contributed by atoms with Crippen molar-refractivity contribution in [2.24, 2.45) is 0 Å². The smallest absolute Gasteiger partial charge is 0.338 e. The number of esters is 1. The number of ether oxygens (including phenoxy) is 3. The zero-order valence-corrected chi connectivity index (χ0v) is 16.2. The van der Waals surface area contributed by atoms with Gasteiger partial charge in [0.05, 0.1) is 19.8 Å². The maximum atomic E-state index is 12.6. The van der Waals surface area contributed by atoms with Crippen molar-refractivity contribution in [1.82, 2.24) is 0 Å². The summed E-state index contributed by atoms with van der Waals surface area (Å²) in [6.07, 6.45) is 0.869. The molecule has 4 rings (SSSR count). The van der Waals surface area contributed by atoms with Gasteiger partial charge in [0.25, 0.3) is 0 Å². The minimum Gasteiger partial charge on any atom is -0.493 e. The van der Waals surface area contributed by atoms with E-state index in [2.05, 4.69) is 12.1 Å². The van der Waals surface area contributed by atoms with Crippen LogP contribution in [0.5, 0.6) is 11.5 Å². The van der Waals surface area contributed by atoms with Crippen molar-refractivity contribution >= 4 is 11.8 Å². The second-order valence-corrected chi connectivity index (χ2v) is 6.77. The fourth-order valence-corrected chi connectivity index (χ4v) is 3.56. The lowest BCUT2D eigenvalue weighted by Gasteiger charge is -2.10. The van der Waals surface area contributed by atoms with E-state index >= 15 is 0 Å². The van der Waals surface area contributed by atoms with Crippen LogP contribution in [0, 0.1) is 0 Å². The molecule has 0 bridgehead atoms. The lowest BCUT2D eigenvalue weighted by atomic mass is 10.0. The van der Waals surface area contributed by atoms with Crippen LogP contribution in [-0.2, 0) is 11.2 Å². The van der Waals surface area contributed by atoms with Crippen molar-refractivity contribution in [3.8, 4) is 22.6 Å².